The Bertz CT molecular complexity index is 368. The summed E-state index contributed by atoms with van der Waals surface area (Å²) in [5.74, 6) is -0.971. The van der Waals surface area contributed by atoms with Gasteiger partial charge in [-0.15, -0.1) is 0 Å². The molecule has 0 aliphatic rings. The van der Waals surface area contributed by atoms with E-state index in [1.807, 2.05) is 6.92 Å². The highest BCUT2D eigenvalue weighted by Gasteiger charge is 2.21. The molecule has 0 aliphatic carbocycles. The molecule has 0 saturated heterocycles. The number of carboxylic acids is 1. The highest BCUT2D eigenvalue weighted by Crippen LogP contribution is 2.26. The number of rotatable bonds is 4. The maximum absolute atomic E-state index is 11.0. The van der Waals surface area contributed by atoms with Crippen LogP contribution in [0.15, 0.2) is 18.2 Å². The summed E-state index contributed by atoms with van der Waals surface area (Å²) in [6.45, 7) is 2.37. The zero-order chi connectivity index (χ0) is 11.4. The Labute approximate surface area is 98.0 Å². The van der Waals surface area contributed by atoms with E-state index in [1.54, 1.807) is 18.2 Å². The molecule has 2 N–H and O–H groups in total. The molecule has 3 nitrogen and oxygen atoms in total. The van der Waals surface area contributed by atoms with Gasteiger partial charge in [0.2, 0.25) is 0 Å². The van der Waals surface area contributed by atoms with Crippen LogP contribution >= 0.6 is 23.2 Å². The topological polar surface area (TPSA) is 49.3 Å². The Kier molecular flexibility index (Phi) is 4.39. The predicted octanol–water partition coefficient (Wildman–Crippen LogP) is 2.73. The van der Waals surface area contributed by atoms with Gasteiger partial charge in [0, 0.05) is 15.6 Å². The number of aliphatic carboxylic acids is 1. The Hall–Kier alpha value is -0.770. The second kappa shape index (κ2) is 5.35. The van der Waals surface area contributed by atoms with Gasteiger partial charge in [0.15, 0.2) is 0 Å². The number of carbonyl (C=O) groups is 1. The van der Waals surface area contributed by atoms with Crippen LogP contribution in [0.5, 0.6) is 0 Å². The van der Waals surface area contributed by atoms with Crippen molar-refractivity contribution in [2.45, 2.75) is 13.0 Å². The number of hydrogen-bond acceptors (Lipinski definition) is 2. The Morgan fingerprint density at radius 3 is 2.73 bits per heavy atom. The fraction of sp³-hybridized carbons (Fsp3) is 0.300. The minimum Gasteiger partial charge on any atom is -0.480 e. The summed E-state index contributed by atoms with van der Waals surface area (Å²) in [5.41, 5.74) is 0.485. The van der Waals surface area contributed by atoms with Crippen LogP contribution in [-0.4, -0.2) is 17.6 Å². The molecule has 0 spiro atoms. The van der Waals surface area contributed by atoms with Crippen LogP contribution in [0, 0.1) is 0 Å². The zero-order valence-electron chi connectivity index (χ0n) is 8.13. The first-order valence-electron chi connectivity index (χ1n) is 4.47. The number of halogens is 2. The lowest BCUT2D eigenvalue weighted by Gasteiger charge is -2.15. The van der Waals surface area contributed by atoms with E-state index in [-0.39, 0.29) is 0 Å². The van der Waals surface area contributed by atoms with Crippen molar-refractivity contribution in [3.05, 3.63) is 33.8 Å². The van der Waals surface area contributed by atoms with Gasteiger partial charge < -0.3 is 10.4 Å². The van der Waals surface area contributed by atoms with Crippen LogP contribution in [0.1, 0.15) is 18.5 Å². The molecule has 0 aromatic heterocycles. The average molecular weight is 248 g/mol. The quantitative estimate of drug-likeness (QED) is 0.861. The molecule has 1 rings (SSSR count). The van der Waals surface area contributed by atoms with E-state index in [0.29, 0.717) is 22.2 Å². The molecule has 82 valence electrons. The van der Waals surface area contributed by atoms with Gasteiger partial charge in [0.1, 0.15) is 6.04 Å². The van der Waals surface area contributed by atoms with Crippen molar-refractivity contribution >= 4 is 29.2 Å². The van der Waals surface area contributed by atoms with Crippen LogP contribution in [0.3, 0.4) is 0 Å². The van der Waals surface area contributed by atoms with Crippen molar-refractivity contribution in [1.29, 1.82) is 0 Å². The van der Waals surface area contributed by atoms with Gasteiger partial charge in [0.25, 0.3) is 0 Å². The molecular formula is C10H11Cl2NO2. The molecule has 1 unspecified atom stereocenters. The number of hydrogen-bond donors (Lipinski definition) is 2. The molecule has 15 heavy (non-hydrogen) atoms. The molecule has 0 fully saturated rings. The SMILES string of the molecule is CCNC(C(=O)O)c1cc(Cl)ccc1Cl. The highest BCUT2D eigenvalue weighted by molar-refractivity contribution is 6.33. The number of benzene rings is 1. The summed E-state index contributed by atoms with van der Waals surface area (Å²) in [7, 11) is 0. The third-order valence-corrected chi connectivity index (χ3v) is 2.50. The maximum Gasteiger partial charge on any atom is 0.325 e. The summed E-state index contributed by atoms with van der Waals surface area (Å²) in [6, 6.07) is 3.96. The van der Waals surface area contributed by atoms with Crippen LogP contribution in [-0.2, 0) is 4.79 Å². The second-order valence-electron chi connectivity index (χ2n) is 2.99. The molecule has 0 aliphatic heterocycles. The molecule has 0 heterocycles. The van der Waals surface area contributed by atoms with Gasteiger partial charge >= 0.3 is 5.97 Å². The predicted molar refractivity (Wildman–Crippen MR) is 60.5 cm³/mol. The number of carboxylic acid groups (broad SMARTS) is 1. The lowest BCUT2D eigenvalue weighted by Crippen LogP contribution is -2.28. The number of nitrogens with one attached hydrogen (secondary N) is 1. The molecule has 0 amide bonds. The third kappa shape index (κ3) is 3.09. The lowest BCUT2D eigenvalue weighted by molar-refractivity contribution is -0.139. The van der Waals surface area contributed by atoms with Crippen LogP contribution in [0.4, 0.5) is 0 Å². The summed E-state index contributed by atoms with van der Waals surface area (Å²) in [4.78, 5) is 11.0. The zero-order valence-corrected chi connectivity index (χ0v) is 9.64. The van der Waals surface area contributed by atoms with Crippen molar-refractivity contribution in [3.8, 4) is 0 Å². The van der Waals surface area contributed by atoms with Crippen LogP contribution in [0.25, 0.3) is 0 Å². The van der Waals surface area contributed by atoms with Crippen molar-refractivity contribution in [2.24, 2.45) is 0 Å². The maximum atomic E-state index is 11.0. The molecule has 0 saturated carbocycles. The van der Waals surface area contributed by atoms with Gasteiger partial charge in [-0.2, -0.15) is 0 Å². The van der Waals surface area contributed by atoms with Crippen LogP contribution in [0.2, 0.25) is 10.0 Å². The monoisotopic (exact) mass is 247 g/mol. The van der Waals surface area contributed by atoms with Crippen molar-refractivity contribution in [3.63, 3.8) is 0 Å². The molecular weight excluding hydrogens is 237 g/mol. The summed E-state index contributed by atoms with van der Waals surface area (Å²) >= 11 is 11.7. The van der Waals surface area contributed by atoms with E-state index < -0.39 is 12.0 Å². The fourth-order valence-corrected chi connectivity index (χ4v) is 1.68. The Balaban J connectivity index is 3.09. The minimum absolute atomic E-state index is 0.396. The van der Waals surface area contributed by atoms with E-state index in [2.05, 4.69) is 5.32 Å². The third-order valence-electron chi connectivity index (χ3n) is 1.92. The molecule has 0 bridgehead atoms. The van der Waals surface area contributed by atoms with E-state index in [1.165, 1.54) is 0 Å². The standard InChI is InChI=1S/C10H11Cl2NO2/c1-2-13-9(10(14)15)7-5-6(11)3-4-8(7)12/h3-5,9,13H,2H2,1H3,(H,14,15). The smallest absolute Gasteiger partial charge is 0.325 e. The first-order chi connectivity index (χ1) is 7.06. The molecule has 0 radical (unpaired) electrons. The van der Waals surface area contributed by atoms with E-state index >= 15 is 0 Å². The highest BCUT2D eigenvalue weighted by atomic mass is 35.5. The van der Waals surface area contributed by atoms with Gasteiger partial charge in [-0.25, -0.2) is 0 Å². The molecule has 1 atom stereocenters. The molecule has 1 aromatic carbocycles. The first-order valence-corrected chi connectivity index (χ1v) is 5.23. The van der Waals surface area contributed by atoms with E-state index in [0.717, 1.165) is 0 Å². The van der Waals surface area contributed by atoms with E-state index in [9.17, 15) is 4.79 Å². The Morgan fingerprint density at radius 1 is 1.53 bits per heavy atom. The number of likely N-dealkylation sites (N-methyl/N-ethyl adjacent to an activating group) is 1. The van der Waals surface area contributed by atoms with E-state index in [4.69, 9.17) is 28.3 Å². The summed E-state index contributed by atoms with van der Waals surface area (Å²) in [6.07, 6.45) is 0. The minimum atomic E-state index is -0.971. The Morgan fingerprint density at radius 2 is 2.20 bits per heavy atom. The van der Waals surface area contributed by atoms with Gasteiger partial charge in [0.05, 0.1) is 0 Å². The van der Waals surface area contributed by atoms with Crippen molar-refractivity contribution in [1.82, 2.24) is 5.32 Å². The lowest BCUT2D eigenvalue weighted by atomic mass is 10.1. The van der Waals surface area contributed by atoms with Gasteiger partial charge in [-0.3, -0.25) is 4.79 Å². The normalized spacial score (nSPS) is 12.5. The van der Waals surface area contributed by atoms with Gasteiger partial charge in [-0.1, -0.05) is 30.1 Å². The molecule has 5 heteroatoms. The van der Waals surface area contributed by atoms with Crippen molar-refractivity contribution in [2.75, 3.05) is 6.54 Å². The van der Waals surface area contributed by atoms with Gasteiger partial charge in [-0.05, 0) is 24.7 Å². The second-order valence-corrected chi connectivity index (χ2v) is 3.84. The summed E-state index contributed by atoms with van der Waals surface area (Å²) in [5, 5.41) is 12.7. The summed E-state index contributed by atoms with van der Waals surface area (Å²) < 4.78 is 0. The molecule has 1 aromatic rings. The van der Waals surface area contributed by atoms with Crippen LogP contribution < -0.4 is 5.32 Å². The first kappa shape index (κ1) is 12.3. The largest absolute Gasteiger partial charge is 0.480 e. The average Bonchev–Trinajstić information content (AvgIpc) is 2.18. The fourth-order valence-electron chi connectivity index (χ4n) is 1.27. The van der Waals surface area contributed by atoms with Crippen molar-refractivity contribution < 1.29 is 9.90 Å².